The zero-order valence-corrected chi connectivity index (χ0v) is 12.4. The first-order valence-electron chi connectivity index (χ1n) is 7.02. The largest absolute Gasteiger partial charge is 0.399 e. The third-order valence-electron chi connectivity index (χ3n) is 3.30. The van der Waals surface area contributed by atoms with Crippen LogP contribution in [0.5, 0.6) is 0 Å². The van der Waals surface area contributed by atoms with Gasteiger partial charge in [0.2, 0.25) is 0 Å². The third-order valence-corrected chi connectivity index (χ3v) is 3.30. The van der Waals surface area contributed by atoms with Crippen LogP contribution in [0, 0.1) is 0 Å². The van der Waals surface area contributed by atoms with E-state index in [2.05, 4.69) is 29.7 Å². The molecule has 4 heteroatoms. The van der Waals surface area contributed by atoms with Crippen molar-refractivity contribution in [1.82, 2.24) is 5.32 Å². The Balaban J connectivity index is 2.14. The van der Waals surface area contributed by atoms with Crippen LogP contribution in [0.1, 0.15) is 22.8 Å². The second kappa shape index (κ2) is 6.79. The maximum Gasteiger partial charge on any atom is 0.253 e. The normalized spacial score (nSPS) is 11.7. The van der Waals surface area contributed by atoms with E-state index in [9.17, 15) is 4.79 Å². The number of rotatable bonds is 5. The molecule has 0 saturated carbocycles. The smallest absolute Gasteiger partial charge is 0.253 e. The molecular weight excluding hydrogens is 262 g/mol. The minimum absolute atomic E-state index is 0.121. The van der Waals surface area contributed by atoms with E-state index in [1.165, 1.54) is 5.56 Å². The summed E-state index contributed by atoms with van der Waals surface area (Å²) in [6.45, 7) is 2.09. The summed E-state index contributed by atoms with van der Waals surface area (Å²) in [6, 6.07) is 15.7. The molecule has 0 aliphatic rings. The topological polar surface area (TPSA) is 67.2 Å². The molecule has 0 fully saturated rings. The van der Waals surface area contributed by atoms with E-state index in [0.29, 0.717) is 11.3 Å². The lowest BCUT2D eigenvalue weighted by Crippen LogP contribution is -2.23. The summed E-state index contributed by atoms with van der Waals surface area (Å²) in [4.78, 5) is 11.9. The first-order valence-corrected chi connectivity index (χ1v) is 7.02. The monoisotopic (exact) mass is 283 g/mol. The summed E-state index contributed by atoms with van der Waals surface area (Å²) in [5.41, 5.74) is 9.08. The van der Waals surface area contributed by atoms with Gasteiger partial charge >= 0.3 is 0 Å². The first kappa shape index (κ1) is 14.9. The second-order valence-corrected chi connectivity index (χ2v) is 5.12. The average molecular weight is 283 g/mol. The molecule has 110 valence electrons. The first-order chi connectivity index (χ1) is 10.1. The summed E-state index contributed by atoms with van der Waals surface area (Å²) in [6.07, 6.45) is 0.878. The van der Waals surface area contributed by atoms with Crippen molar-refractivity contribution in [3.8, 4) is 0 Å². The molecule has 2 aromatic carbocycles. The molecular formula is C17H21N3O. The SMILES string of the molecule is CNC(=O)c1ccc(N)cc1NC(C)Cc1ccccc1. The van der Waals surface area contributed by atoms with Gasteiger partial charge in [0, 0.05) is 24.5 Å². The number of nitrogen functional groups attached to an aromatic ring is 1. The molecule has 2 rings (SSSR count). The molecule has 0 spiro atoms. The third kappa shape index (κ3) is 3.99. The van der Waals surface area contributed by atoms with Crippen molar-refractivity contribution in [2.75, 3.05) is 18.1 Å². The van der Waals surface area contributed by atoms with Gasteiger partial charge in [-0.05, 0) is 37.1 Å². The number of hydrogen-bond acceptors (Lipinski definition) is 3. The number of nitrogens with one attached hydrogen (secondary N) is 2. The standard InChI is InChI=1S/C17H21N3O/c1-12(10-13-6-4-3-5-7-13)20-16-11-14(18)8-9-15(16)17(21)19-2/h3-9,11-12,20H,10,18H2,1-2H3,(H,19,21). The maximum atomic E-state index is 11.9. The Kier molecular flexibility index (Phi) is 4.82. The average Bonchev–Trinajstić information content (AvgIpc) is 2.47. The van der Waals surface area contributed by atoms with Crippen molar-refractivity contribution in [2.24, 2.45) is 0 Å². The van der Waals surface area contributed by atoms with Crippen LogP contribution in [-0.4, -0.2) is 19.0 Å². The van der Waals surface area contributed by atoms with E-state index >= 15 is 0 Å². The Morgan fingerprint density at radius 3 is 2.57 bits per heavy atom. The van der Waals surface area contributed by atoms with Crippen LogP contribution in [0.2, 0.25) is 0 Å². The number of benzene rings is 2. The molecule has 0 saturated heterocycles. The summed E-state index contributed by atoms with van der Waals surface area (Å²) < 4.78 is 0. The number of amides is 1. The Morgan fingerprint density at radius 1 is 1.19 bits per heavy atom. The Morgan fingerprint density at radius 2 is 1.90 bits per heavy atom. The highest BCUT2D eigenvalue weighted by Crippen LogP contribution is 2.21. The Hall–Kier alpha value is -2.49. The van der Waals surface area contributed by atoms with Gasteiger partial charge in [0.15, 0.2) is 0 Å². The van der Waals surface area contributed by atoms with E-state index in [0.717, 1.165) is 12.1 Å². The van der Waals surface area contributed by atoms with Gasteiger partial charge in [0.1, 0.15) is 0 Å². The number of nitrogens with two attached hydrogens (primary N) is 1. The van der Waals surface area contributed by atoms with Crippen LogP contribution in [0.15, 0.2) is 48.5 Å². The van der Waals surface area contributed by atoms with Gasteiger partial charge in [-0.2, -0.15) is 0 Å². The minimum Gasteiger partial charge on any atom is -0.399 e. The van der Waals surface area contributed by atoms with Crippen LogP contribution >= 0.6 is 0 Å². The lowest BCUT2D eigenvalue weighted by atomic mass is 10.1. The number of anilines is 2. The molecule has 0 aliphatic heterocycles. The van der Waals surface area contributed by atoms with Crippen molar-refractivity contribution < 1.29 is 4.79 Å². The Labute approximate surface area is 125 Å². The summed E-state index contributed by atoms with van der Waals surface area (Å²) in [5, 5.41) is 6.02. The summed E-state index contributed by atoms with van der Waals surface area (Å²) >= 11 is 0. The van der Waals surface area contributed by atoms with Crippen molar-refractivity contribution >= 4 is 17.3 Å². The highest BCUT2D eigenvalue weighted by Gasteiger charge is 2.12. The molecule has 1 unspecified atom stereocenters. The predicted molar refractivity (Wildman–Crippen MR) is 87.5 cm³/mol. The lowest BCUT2D eigenvalue weighted by molar-refractivity contribution is 0.0964. The highest BCUT2D eigenvalue weighted by atomic mass is 16.1. The fraction of sp³-hybridized carbons (Fsp3) is 0.235. The quantitative estimate of drug-likeness (QED) is 0.739. The van der Waals surface area contributed by atoms with Crippen molar-refractivity contribution in [3.63, 3.8) is 0 Å². The molecule has 2 aromatic rings. The maximum absolute atomic E-state index is 11.9. The van der Waals surface area contributed by atoms with Gasteiger partial charge in [-0.3, -0.25) is 4.79 Å². The van der Waals surface area contributed by atoms with E-state index in [1.807, 2.05) is 18.2 Å². The molecule has 21 heavy (non-hydrogen) atoms. The number of carbonyl (C=O) groups excluding carboxylic acids is 1. The number of hydrogen-bond donors (Lipinski definition) is 3. The number of carbonyl (C=O) groups is 1. The van der Waals surface area contributed by atoms with Gasteiger partial charge in [-0.15, -0.1) is 0 Å². The van der Waals surface area contributed by atoms with Gasteiger partial charge in [-0.1, -0.05) is 30.3 Å². The molecule has 4 nitrogen and oxygen atoms in total. The molecule has 0 heterocycles. The van der Waals surface area contributed by atoms with Crippen LogP contribution in [0.25, 0.3) is 0 Å². The molecule has 1 atom stereocenters. The van der Waals surface area contributed by atoms with Gasteiger partial charge in [0.05, 0.1) is 5.56 Å². The molecule has 0 radical (unpaired) electrons. The highest BCUT2D eigenvalue weighted by molar-refractivity contribution is 6.00. The van der Waals surface area contributed by atoms with Crippen LogP contribution in [0.3, 0.4) is 0 Å². The van der Waals surface area contributed by atoms with Gasteiger partial charge in [-0.25, -0.2) is 0 Å². The zero-order valence-electron chi connectivity index (χ0n) is 12.4. The van der Waals surface area contributed by atoms with E-state index in [-0.39, 0.29) is 11.9 Å². The summed E-state index contributed by atoms with van der Waals surface area (Å²) in [5.74, 6) is -0.121. The Bertz CT molecular complexity index is 611. The van der Waals surface area contributed by atoms with Crippen molar-refractivity contribution in [2.45, 2.75) is 19.4 Å². The van der Waals surface area contributed by atoms with Crippen molar-refractivity contribution in [3.05, 3.63) is 59.7 Å². The van der Waals surface area contributed by atoms with Crippen LogP contribution in [0.4, 0.5) is 11.4 Å². The second-order valence-electron chi connectivity index (χ2n) is 5.12. The van der Waals surface area contributed by atoms with Crippen LogP contribution in [-0.2, 0) is 6.42 Å². The van der Waals surface area contributed by atoms with Crippen molar-refractivity contribution in [1.29, 1.82) is 0 Å². The molecule has 0 aliphatic carbocycles. The van der Waals surface area contributed by atoms with E-state index < -0.39 is 0 Å². The minimum atomic E-state index is -0.121. The molecule has 1 amide bonds. The fourth-order valence-corrected chi connectivity index (χ4v) is 2.30. The summed E-state index contributed by atoms with van der Waals surface area (Å²) in [7, 11) is 1.62. The van der Waals surface area contributed by atoms with Crippen LogP contribution < -0.4 is 16.4 Å². The molecule has 0 bridgehead atoms. The zero-order chi connectivity index (χ0) is 15.2. The van der Waals surface area contributed by atoms with Gasteiger partial charge < -0.3 is 16.4 Å². The van der Waals surface area contributed by atoms with Gasteiger partial charge in [0.25, 0.3) is 5.91 Å². The molecule has 0 aromatic heterocycles. The predicted octanol–water partition coefficient (Wildman–Crippen LogP) is 2.67. The fourth-order valence-electron chi connectivity index (χ4n) is 2.30. The molecule has 4 N–H and O–H groups in total. The lowest BCUT2D eigenvalue weighted by Gasteiger charge is -2.18. The van der Waals surface area contributed by atoms with E-state index in [1.54, 1.807) is 25.2 Å². The van der Waals surface area contributed by atoms with E-state index in [4.69, 9.17) is 5.73 Å².